The minimum absolute atomic E-state index is 0.0649. The number of rotatable bonds is 2. The molecule has 0 heterocycles. The molecule has 0 atom stereocenters. The summed E-state index contributed by atoms with van der Waals surface area (Å²) in [7, 11) is 1.59. The van der Waals surface area contributed by atoms with Gasteiger partial charge < -0.3 is 0 Å². The number of aliphatic imine (C=N–C) groups is 2. The van der Waals surface area contributed by atoms with Gasteiger partial charge in [0.1, 0.15) is 6.34 Å². The fraction of sp³-hybridized carbons (Fsp3) is 0.400. The Kier molecular flexibility index (Phi) is 3.66. The van der Waals surface area contributed by atoms with Gasteiger partial charge in [0.05, 0.1) is 6.21 Å². The van der Waals surface area contributed by atoms with Crippen molar-refractivity contribution in [1.29, 1.82) is 0 Å². The molecule has 8 heavy (non-hydrogen) atoms. The summed E-state index contributed by atoms with van der Waals surface area (Å²) in [6, 6.07) is 0. The van der Waals surface area contributed by atoms with Crippen molar-refractivity contribution in [3.63, 3.8) is 0 Å². The summed E-state index contributed by atoms with van der Waals surface area (Å²) < 4.78 is 0. The van der Waals surface area contributed by atoms with Gasteiger partial charge in [0.15, 0.2) is 5.78 Å². The Bertz CT molecular complexity index is 126. The van der Waals surface area contributed by atoms with Crippen LogP contribution >= 0.6 is 0 Å². The van der Waals surface area contributed by atoms with E-state index in [-0.39, 0.29) is 5.78 Å². The molecule has 3 heteroatoms. The molecule has 3 nitrogen and oxygen atoms in total. The fourth-order valence-corrected chi connectivity index (χ4v) is 0.205. The normalized spacial score (nSPS) is 11.2. The van der Waals surface area contributed by atoms with Gasteiger partial charge in [-0.15, -0.1) is 0 Å². The second-order valence-electron chi connectivity index (χ2n) is 1.26. The Morgan fingerprint density at radius 2 is 2.25 bits per heavy atom. The summed E-state index contributed by atoms with van der Waals surface area (Å²) in [6.07, 6.45) is 2.54. The third-order valence-electron chi connectivity index (χ3n) is 0.438. The van der Waals surface area contributed by atoms with Crippen LogP contribution in [0, 0.1) is 0 Å². The number of carbonyl (C=O) groups excluding carboxylic acids is 1. The summed E-state index contributed by atoms with van der Waals surface area (Å²) in [5.74, 6) is -0.0649. The average Bonchev–Trinajstić information content (AvgIpc) is 1.66. The second kappa shape index (κ2) is 4.18. The number of hydrogen-bond donors (Lipinski definition) is 0. The van der Waals surface area contributed by atoms with Crippen LogP contribution in [0.15, 0.2) is 9.98 Å². The zero-order valence-electron chi connectivity index (χ0n) is 4.96. The molecule has 0 fully saturated rings. The van der Waals surface area contributed by atoms with E-state index in [9.17, 15) is 4.79 Å². The Labute approximate surface area is 48.2 Å². The van der Waals surface area contributed by atoms with E-state index in [0.717, 1.165) is 0 Å². The Morgan fingerprint density at radius 1 is 1.62 bits per heavy atom. The highest BCUT2D eigenvalue weighted by Gasteiger charge is 1.76. The number of nitrogens with zero attached hydrogens (tertiary/aromatic N) is 2. The van der Waals surface area contributed by atoms with E-state index in [4.69, 9.17) is 0 Å². The standard InChI is InChI=1S/C5H8N2O/c1-5(8)3-7-4-6-2/h3-4H,1-2H3/b6-4-,7-3+. The molecule has 0 aromatic rings. The van der Waals surface area contributed by atoms with Gasteiger partial charge >= 0.3 is 0 Å². The molecule has 0 rings (SSSR count). The monoisotopic (exact) mass is 112 g/mol. The molecule has 0 aliphatic carbocycles. The van der Waals surface area contributed by atoms with Crippen LogP contribution in [0.3, 0.4) is 0 Å². The van der Waals surface area contributed by atoms with Crippen molar-refractivity contribution in [2.45, 2.75) is 6.92 Å². The topological polar surface area (TPSA) is 41.8 Å². The van der Waals surface area contributed by atoms with Crippen LogP contribution in [0.1, 0.15) is 6.92 Å². The van der Waals surface area contributed by atoms with Crippen molar-refractivity contribution < 1.29 is 4.79 Å². The maximum atomic E-state index is 10.1. The van der Waals surface area contributed by atoms with Crippen molar-refractivity contribution in [3.05, 3.63) is 0 Å². The van der Waals surface area contributed by atoms with E-state index >= 15 is 0 Å². The van der Waals surface area contributed by atoms with E-state index in [2.05, 4.69) is 9.98 Å². The zero-order chi connectivity index (χ0) is 6.41. The molecule has 0 aromatic heterocycles. The van der Waals surface area contributed by atoms with Crippen LogP contribution in [0.25, 0.3) is 0 Å². The molecule has 0 amide bonds. The highest BCUT2D eigenvalue weighted by molar-refractivity contribution is 6.27. The van der Waals surface area contributed by atoms with Crippen LogP contribution in [0.2, 0.25) is 0 Å². The largest absolute Gasteiger partial charge is 0.293 e. The summed E-state index contributed by atoms with van der Waals surface area (Å²) in [6.45, 7) is 1.44. The molecule has 0 unspecified atom stereocenters. The molecule has 0 spiro atoms. The number of hydrogen-bond acceptors (Lipinski definition) is 2. The van der Waals surface area contributed by atoms with Crippen molar-refractivity contribution in [2.75, 3.05) is 7.05 Å². The van der Waals surface area contributed by atoms with Gasteiger partial charge in [-0.3, -0.25) is 9.79 Å². The van der Waals surface area contributed by atoms with Gasteiger partial charge in [-0.25, -0.2) is 4.99 Å². The van der Waals surface area contributed by atoms with Gasteiger partial charge in [0.25, 0.3) is 0 Å². The van der Waals surface area contributed by atoms with Crippen LogP contribution < -0.4 is 0 Å². The minimum atomic E-state index is -0.0649. The maximum Gasteiger partial charge on any atom is 0.170 e. The van der Waals surface area contributed by atoms with Crippen LogP contribution in [-0.2, 0) is 4.79 Å². The third-order valence-corrected chi connectivity index (χ3v) is 0.438. The number of Topliss-reactive ketones (excluding diaryl/α,β-unsaturated/α-hetero) is 1. The first-order chi connectivity index (χ1) is 3.77. The average molecular weight is 112 g/mol. The first-order valence-electron chi connectivity index (χ1n) is 2.21. The van der Waals surface area contributed by atoms with E-state index in [0.29, 0.717) is 0 Å². The maximum absolute atomic E-state index is 10.1. The minimum Gasteiger partial charge on any atom is -0.293 e. The molecule has 0 bridgehead atoms. The molecule has 44 valence electrons. The molecular formula is C5H8N2O. The van der Waals surface area contributed by atoms with Crippen molar-refractivity contribution in [2.24, 2.45) is 9.98 Å². The van der Waals surface area contributed by atoms with E-state index < -0.39 is 0 Å². The highest BCUT2D eigenvalue weighted by Crippen LogP contribution is 1.60. The van der Waals surface area contributed by atoms with E-state index in [1.807, 2.05) is 0 Å². The Hall–Kier alpha value is -0.990. The lowest BCUT2D eigenvalue weighted by atomic mass is 10.5. The molecule has 0 aliphatic rings. The predicted octanol–water partition coefficient (Wildman–Crippen LogP) is 0.304. The van der Waals surface area contributed by atoms with Gasteiger partial charge in [-0.1, -0.05) is 0 Å². The molecule has 0 saturated heterocycles. The number of carbonyl (C=O) groups is 1. The van der Waals surface area contributed by atoms with Crippen molar-refractivity contribution in [3.8, 4) is 0 Å². The SMILES string of the molecule is C/N=C\N=C\C(C)=O. The molecule has 0 N–H and O–H groups in total. The third kappa shape index (κ3) is 5.01. The van der Waals surface area contributed by atoms with Gasteiger partial charge in [-0.05, 0) is 0 Å². The Balaban J connectivity index is 3.50. The quantitative estimate of drug-likeness (QED) is 0.374. The predicted molar refractivity (Wildman–Crippen MR) is 33.6 cm³/mol. The van der Waals surface area contributed by atoms with Gasteiger partial charge in [-0.2, -0.15) is 0 Å². The molecule has 0 saturated carbocycles. The summed E-state index contributed by atoms with van der Waals surface area (Å²) >= 11 is 0. The van der Waals surface area contributed by atoms with Crippen molar-refractivity contribution >= 4 is 18.3 Å². The first-order valence-corrected chi connectivity index (χ1v) is 2.21. The number of ketones is 1. The zero-order valence-corrected chi connectivity index (χ0v) is 4.96. The molecular weight excluding hydrogens is 104 g/mol. The van der Waals surface area contributed by atoms with Crippen molar-refractivity contribution in [1.82, 2.24) is 0 Å². The van der Waals surface area contributed by atoms with Crippen LogP contribution in [0.4, 0.5) is 0 Å². The summed E-state index contributed by atoms with van der Waals surface area (Å²) in [5, 5.41) is 0. The lowest BCUT2D eigenvalue weighted by Crippen LogP contribution is -1.88. The summed E-state index contributed by atoms with van der Waals surface area (Å²) in [5.41, 5.74) is 0. The van der Waals surface area contributed by atoms with Gasteiger partial charge in [0.2, 0.25) is 0 Å². The lowest BCUT2D eigenvalue weighted by Gasteiger charge is -1.72. The lowest BCUT2D eigenvalue weighted by molar-refractivity contribution is -0.110. The van der Waals surface area contributed by atoms with Gasteiger partial charge in [0, 0.05) is 14.0 Å². The first kappa shape index (κ1) is 7.01. The Morgan fingerprint density at radius 3 is 2.62 bits per heavy atom. The smallest absolute Gasteiger partial charge is 0.170 e. The van der Waals surface area contributed by atoms with E-state index in [1.54, 1.807) is 7.05 Å². The van der Waals surface area contributed by atoms with Crippen LogP contribution in [-0.4, -0.2) is 25.4 Å². The van der Waals surface area contributed by atoms with E-state index in [1.165, 1.54) is 19.5 Å². The van der Waals surface area contributed by atoms with Crippen LogP contribution in [0.5, 0.6) is 0 Å². The molecule has 0 aromatic carbocycles. The molecule has 0 radical (unpaired) electrons. The second-order valence-corrected chi connectivity index (χ2v) is 1.26. The fourth-order valence-electron chi connectivity index (χ4n) is 0.205. The highest BCUT2D eigenvalue weighted by atomic mass is 16.1. The summed E-state index contributed by atoms with van der Waals surface area (Å²) in [4.78, 5) is 17.2. The molecule has 0 aliphatic heterocycles.